The van der Waals surface area contributed by atoms with E-state index in [1.54, 1.807) is 0 Å². The lowest BCUT2D eigenvalue weighted by molar-refractivity contribution is 0.0000716. The first kappa shape index (κ1) is 20.2. The van der Waals surface area contributed by atoms with Crippen LogP contribution in [0.2, 0.25) is 25.7 Å². The summed E-state index contributed by atoms with van der Waals surface area (Å²) in [5.41, 5.74) is 2.46. The molecule has 0 amide bonds. The van der Waals surface area contributed by atoms with Gasteiger partial charge >= 0.3 is 0 Å². The van der Waals surface area contributed by atoms with E-state index in [2.05, 4.69) is 62.6 Å². The molecular weight excluding hydrogens is 324 g/mol. The molecule has 1 aliphatic rings. The topological polar surface area (TPSA) is 29.5 Å². The molecule has 0 saturated heterocycles. The van der Waals surface area contributed by atoms with Gasteiger partial charge in [-0.05, 0) is 42.7 Å². The highest BCUT2D eigenvalue weighted by Gasteiger charge is 2.28. The number of aliphatic hydroxyl groups excluding tert-OH is 1. The number of rotatable bonds is 8. The molecule has 2 rings (SSSR count). The molecule has 0 unspecified atom stereocenters. The molecule has 0 radical (unpaired) electrons. The molecule has 1 saturated carbocycles. The summed E-state index contributed by atoms with van der Waals surface area (Å²) < 4.78 is 6.15. The van der Waals surface area contributed by atoms with Crippen LogP contribution in [-0.4, -0.2) is 25.9 Å². The molecule has 0 heterocycles. The number of benzene rings is 1. The summed E-state index contributed by atoms with van der Waals surface area (Å²) in [4.78, 5) is 0. The van der Waals surface area contributed by atoms with Crippen LogP contribution in [0.1, 0.15) is 24.8 Å². The fraction of sp³-hybridized carbons (Fsp3) is 0.545. The van der Waals surface area contributed by atoms with Crippen molar-refractivity contribution in [2.24, 2.45) is 11.8 Å². The SMILES string of the molecule is C=C[C@@H]1C[C@@H](OCc2ccccc2)CC[C@H]1/C=C(\CO)C[Si](C)(C)C. The summed E-state index contributed by atoms with van der Waals surface area (Å²) in [7, 11) is -1.20. The molecule has 25 heavy (non-hydrogen) atoms. The van der Waals surface area contributed by atoms with Gasteiger partial charge in [0.2, 0.25) is 0 Å². The molecule has 1 aromatic carbocycles. The average molecular weight is 359 g/mol. The smallest absolute Gasteiger partial charge is 0.0720 e. The first-order chi connectivity index (χ1) is 11.9. The third kappa shape index (κ3) is 6.93. The molecule has 1 N–H and O–H groups in total. The van der Waals surface area contributed by atoms with E-state index in [4.69, 9.17) is 4.74 Å². The zero-order chi connectivity index (χ0) is 18.3. The van der Waals surface area contributed by atoms with Gasteiger partial charge in [0.25, 0.3) is 0 Å². The standard InChI is InChI=1S/C22H34O2Si/c1-5-20-14-22(24-16-18-9-7-6-8-10-18)12-11-21(20)13-19(15-23)17-25(2,3)4/h5-10,13,20-23H,1,11-12,14-17H2,2-4H3/b19-13+/t20-,21+,22+/m1/s1. The molecule has 2 nitrogen and oxygen atoms in total. The van der Waals surface area contributed by atoms with Crippen molar-refractivity contribution < 1.29 is 9.84 Å². The monoisotopic (exact) mass is 358 g/mol. The lowest BCUT2D eigenvalue weighted by atomic mass is 9.77. The third-order valence-electron chi connectivity index (χ3n) is 4.95. The first-order valence-electron chi connectivity index (χ1n) is 9.50. The summed E-state index contributed by atoms with van der Waals surface area (Å²) in [6, 6.07) is 11.5. The van der Waals surface area contributed by atoms with Crippen molar-refractivity contribution in [3.8, 4) is 0 Å². The van der Waals surface area contributed by atoms with Crippen LogP contribution in [0.25, 0.3) is 0 Å². The van der Waals surface area contributed by atoms with Crippen LogP contribution < -0.4 is 0 Å². The summed E-state index contributed by atoms with van der Waals surface area (Å²) in [6.07, 6.45) is 7.97. The predicted molar refractivity (Wildman–Crippen MR) is 109 cm³/mol. The number of ether oxygens (including phenoxy) is 1. The number of hydrogen-bond donors (Lipinski definition) is 1. The maximum Gasteiger partial charge on any atom is 0.0720 e. The van der Waals surface area contributed by atoms with Gasteiger partial charge in [0.15, 0.2) is 0 Å². The van der Waals surface area contributed by atoms with E-state index < -0.39 is 8.07 Å². The van der Waals surface area contributed by atoms with Gasteiger partial charge < -0.3 is 9.84 Å². The highest BCUT2D eigenvalue weighted by atomic mass is 28.3. The molecule has 0 aromatic heterocycles. The van der Waals surface area contributed by atoms with Crippen LogP contribution in [0.5, 0.6) is 0 Å². The largest absolute Gasteiger partial charge is 0.392 e. The second-order valence-corrected chi connectivity index (χ2v) is 14.0. The minimum absolute atomic E-state index is 0.193. The first-order valence-corrected chi connectivity index (χ1v) is 13.2. The normalized spacial score (nSPS) is 25.0. The quantitative estimate of drug-likeness (QED) is 0.496. The van der Waals surface area contributed by atoms with Crippen molar-refractivity contribution >= 4 is 8.07 Å². The Morgan fingerprint density at radius 1 is 1.20 bits per heavy atom. The summed E-state index contributed by atoms with van der Waals surface area (Å²) >= 11 is 0. The van der Waals surface area contributed by atoms with E-state index in [1.807, 2.05) is 6.07 Å². The minimum Gasteiger partial charge on any atom is -0.392 e. The fourth-order valence-corrected chi connectivity index (χ4v) is 5.35. The van der Waals surface area contributed by atoms with Gasteiger partial charge in [0.1, 0.15) is 0 Å². The van der Waals surface area contributed by atoms with E-state index in [-0.39, 0.29) is 6.61 Å². The molecule has 138 valence electrons. The lowest BCUT2D eigenvalue weighted by Crippen LogP contribution is -2.28. The molecule has 3 heteroatoms. The van der Waals surface area contributed by atoms with Crippen molar-refractivity contribution in [2.45, 2.75) is 57.7 Å². The van der Waals surface area contributed by atoms with Crippen LogP contribution in [0.15, 0.2) is 54.6 Å². The molecule has 3 atom stereocenters. The van der Waals surface area contributed by atoms with Gasteiger partial charge in [-0.1, -0.05) is 67.7 Å². The molecular formula is C22H34O2Si. The van der Waals surface area contributed by atoms with Crippen molar-refractivity contribution in [2.75, 3.05) is 6.61 Å². The average Bonchev–Trinajstić information content (AvgIpc) is 2.59. The molecule has 0 aliphatic heterocycles. The Kier molecular flexibility index (Phi) is 7.67. The highest BCUT2D eigenvalue weighted by Crippen LogP contribution is 2.35. The molecule has 1 fully saturated rings. The van der Waals surface area contributed by atoms with Crippen LogP contribution in [0, 0.1) is 11.8 Å². The zero-order valence-electron chi connectivity index (χ0n) is 16.1. The van der Waals surface area contributed by atoms with Crippen LogP contribution in [-0.2, 0) is 11.3 Å². The molecule has 1 aliphatic carbocycles. The van der Waals surface area contributed by atoms with Crippen LogP contribution >= 0.6 is 0 Å². The van der Waals surface area contributed by atoms with Gasteiger partial charge in [0, 0.05) is 8.07 Å². The molecule has 1 aromatic rings. The van der Waals surface area contributed by atoms with E-state index in [0.717, 1.165) is 25.3 Å². The Labute approximate surface area is 154 Å². The molecule has 0 spiro atoms. The Hall–Kier alpha value is -1.16. The minimum atomic E-state index is -1.20. The fourth-order valence-electron chi connectivity index (χ4n) is 3.76. The second-order valence-electron chi connectivity index (χ2n) is 8.52. The van der Waals surface area contributed by atoms with Gasteiger partial charge in [-0.2, -0.15) is 0 Å². The second kappa shape index (κ2) is 9.51. The van der Waals surface area contributed by atoms with E-state index in [0.29, 0.717) is 24.5 Å². The lowest BCUT2D eigenvalue weighted by Gasteiger charge is -2.34. The Morgan fingerprint density at radius 3 is 2.52 bits per heavy atom. The van der Waals surface area contributed by atoms with E-state index in [9.17, 15) is 5.11 Å². The van der Waals surface area contributed by atoms with Crippen molar-refractivity contribution in [3.63, 3.8) is 0 Å². The number of aliphatic hydroxyl groups is 1. The Balaban J connectivity index is 1.93. The highest BCUT2D eigenvalue weighted by molar-refractivity contribution is 6.76. The summed E-state index contributed by atoms with van der Waals surface area (Å²) in [5.74, 6) is 0.935. The Morgan fingerprint density at radius 2 is 1.92 bits per heavy atom. The maximum absolute atomic E-state index is 9.74. The summed E-state index contributed by atoms with van der Waals surface area (Å²) in [6.45, 7) is 12.0. The van der Waals surface area contributed by atoms with Gasteiger partial charge in [0.05, 0.1) is 19.3 Å². The van der Waals surface area contributed by atoms with Crippen molar-refractivity contribution in [1.29, 1.82) is 0 Å². The van der Waals surface area contributed by atoms with Gasteiger partial charge in [-0.15, -0.1) is 6.58 Å². The number of allylic oxidation sites excluding steroid dienone is 2. The van der Waals surface area contributed by atoms with E-state index >= 15 is 0 Å². The maximum atomic E-state index is 9.74. The van der Waals surface area contributed by atoms with Crippen molar-refractivity contribution in [3.05, 3.63) is 60.2 Å². The zero-order valence-corrected chi connectivity index (χ0v) is 17.1. The van der Waals surface area contributed by atoms with Gasteiger partial charge in [-0.25, -0.2) is 0 Å². The van der Waals surface area contributed by atoms with Crippen LogP contribution in [0.4, 0.5) is 0 Å². The van der Waals surface area contributed by atoms with Crippen molar-refractivity contribution in [1.82, 2.24) is 0 Å². The van der Waals surface area contributed by atoms with Gasteiger partial charge in [-0.3, -0.25) is 0 Å². The summed E-state index contributed by atoms with van der Waals surface area (Å²) in [5, 5.41) is 9.74. The number of hydrogen-bond acceptors (Lipinski definition) is 2. The third-order valence-corrected chi connectivity index (χ3v) is 6.46. The van der Waals surface area contributed by atoms with E-state index in [1.165, 1.54) is 11.1 Å². The Bertz CT molecular complexity index is 559. The molecule has 0 bridgehead atoms. The van der Waals surface area contributed by atoms with Crippen LogP contribution in [0.3, 0.4) is 0 Å². The predicted octanol–water partition coefficient (Wildman–Crippen LogP) is 5.43.